The van der Waals surface area contributed by atoms with Gasteiger partial charge in [0, 0.05) is 50.2 Å². The van der Waals surface area contributed by atoms with Crippen LogP contribution in [0.25, 0.3) is 11.1 Å². The molecule has 51 heavy (non-hydrogen) atoms. The van der Waals surface area contributed by atoms with E-state index in [1.54, 1.807) is 23.2 Å². The van der Waals surface area contributed by atoms with Gasteiger partial charge in [-0.25, -0.2) is 4.79 Å². The molecule has 0 bridgehead atoms. The van der Waals surface area contributed by atoms with Crippen LogP contribution in [0.2, 0.25) is 5.02 Å². The maximum absolute atomic E-state index is 11.8. The van der Waals surface area contributed by atoms with Gasteiger partial charge in [-0.2, -0.15) is 5.26 Å². The molecule has 3 aromatic carbocycles. The van der Waals surface area contributed by atoms with Crippen molar-refractivity contribution in [1.82, 2.24) is 14.8 Å². The maximum Gasteiger partial charge on any atom is 0.407 e. The Morgan fingerprint density at radius 1 is 0.961 bits per heavy atom. The fourth-order valence-corrected chi connectivity index (χ4v) is 7.32. The van der Waals surface area contributed by atoms with Gasteiger partial charge in [0.15, 0.2) is 6.29 Å². The smallest absolute Gasteiger partial charge is 0.407 e. The zero-order valence-electron chi connectivity index (χ0n) is 28.8. The molecule has 0 aliphatic carbocycles. The van der Waals surface area contributed by atoms with E-state index in [4.69, 9.17) is 31.1 Å². The lowest BCUT2D eigenvalue weighted by molar-refractivity contribution is 0.111. The minimum atomic E-state index is -0.805. The number of aromatic nitrogens is 1. The molecule has 10 nitrogen and oxygen atoms in total. The average Bonchev–Trinajstić information content (AvgIpc) is 3.58. The van der Waals surface area contributed by atoms with Crippen LogP contribution in [0.5, 0.6) is 17.2 Å². The van der Waals surface area contributed by atoms with E-state index >= 15 is 0 Å². The third kappa shape index (κ3) is 8.44. The van der Waals surface area contributed by atoms with Crippen molar-refractivity contribution in [1.29, 1.82) is 5.26 Å². The number of amides is 1. The lowest BCUT2D eigenvalue weighted by Crippen LogP contribution is -2.40. The Kier molecular flexibility index (Phi) is 11.4. The number of nitrogens with zero attached hydrogens (tertiary/aromatic N) is 4. The molecule has 1 N–H and O–H groups in total. The summed E-state index contributed by atoms with van der Waals surface area (Å²) >= 11 is 6.52. The van der Waals surface area contributed by atoms with Crippen LogP contribution in [0.4, 0.5) is 4.79 Å². The normalized spacial score (nSPS) is 17.0. The number of hydrogen-bond acceptors (Lipinski definition) is 8. The van der Waals surface area contributed by atoms with E-state index in [2.05, 4.69) is 41.9 Å². The standard InChI is InChI=1S/C40H41ClN4O6/c1-26-31(25-51-39-16-38(32(23-46)15-36(39)41)50-24-29-14-28(17-42)18-43-19-29)6-3-7-34(26)35-8-4-9-37(27(35)2)49-13-5-11-44-12-10-30-21-45(40(47)48)22-33(30)20-44/h3-4,6-9,14-16,18-19,23,30,33H,5,10-13,20-22,24-25H2,1-2H3,(H,47,48). The number of carbonyl (C=O) groups is 2. The molecule has 2 fully saturated rings. The Morgan fingerprint density at radius 3 is 2.51 bits per heavy atom. The van der Waals surface area contributed by atoms with E-state index < -0.39 is 6.09 Å². The third-order valence-corrected chi connectivity index (χ3v) is 10.2. The van der Waals surface area contributed by atoms with Crippen LogP contribution in [-0.2, 0) is 13.2 Å². The van der Waals surface area contributed by atoms with Gasteiger partial charge in [-0.1, -0.05) is 41.9 Å². The summed E-state index contributed by atoms with van der Waals surface area (Å²) in [6.07, 6.45) is 4.89. The first-order valence-corrected chi connectivity index (χ1v) is 17.5. The summed E-state index contributed by atoms with van der Waals surface area (Å²) in [5.74, 6) is 2.46. The van der Waals surface area contributed by atoms with Gasteiger partial charge in [0.05, 0.1) is 22.8 Å². The number of fused-ring (bicyclic) bond motifs is 1. The van der Waals surface area contributed by atoms with E-state index in [0.29, 0.717) is 65.5 Å². The second-order valence-corrected chi connectivity index (χ2v) is 13.6. The highest BCUT2D eigenvalue weighted by atomic mass is 35.5. The van der Waals surface area contributed by atoms with Crippen molar-refractivity contribution in [2.45, 2.75) is 39.9 Å². The van der Waals surface area contributed by atoms with Gasteiger partial charge in [0.2, 0.25) is 0 Å². The molecule has 2 saturated heterocycles. The lowest BCUT2D eigenvalue weighted by Gasteiger charge is -2.34. The van der Waals surface area contributed by atoms with Crippen molar-refractivity contribution in [2.75, 3.05) is 39.3 Å². The van der Waals surface area contributed by atoms with Crippen LogP contribution in [-0.4, -0.2) is 71.6 Å². The van der Waals surface area contributed by atoms with Gasteiger partial charge in [0.25, 0.3) is 0 Å². The molecule has 1 aromatic heterocycles. The summed E-state index contributed by atoms with van der Waals surface area (Å²) in [7, 11) is 0. The molecule has 0 saturated carbocycles. The van der Waals surface area contributed by atoms with Gasteiger partial charge < -0.3 is 29.1 Å². The fraction of sp³-hybridized carbons (Fsp3) is 0.350. The SMILES string of the molecule is Cc1c(COc2cc(OCc3cncc(C#N)c3)c(C=O)cc2Cl)cccc1-c1cccc(OCCCN2CCC3CN(C(=O)O)CC3C2)c1C. The molecule has 11 heteroatoms. The quantitative estimate of drug-likeness (QED) is 0.111. The summed E-state index contributed by atoms with van der Waals surface area (Å²) in [6.45, 7) is 9.30. The van der Waals surface area contributed by atoms with Gasteiger partial charge >= 0.3 is 6.09 Å². The van der Waals surface area contributed by atoms with Crippen LogP contribution < -0.4 is 14.2 Å². The monoisotopic (exact) mass is 708 g/mol. The third-order valence-electron chi connectivity index (χ3n) is 9.95. The highest BCUT2D eigenvalue weighted by Crippen LogP contribution is 2.36. The predicted molar refractivity (Wildman–Crippen MR) is 194 cm³/mol. The molecule has 6 rings (SSSR count). The Hall–Kier alpha value is -5.11. The predicted octanol–water partition coefficient (Wildman–Crippen LogP) is 7.56. The van der Waals surface area contributed by atoms with Crippen LogP contribution in [0.1, 0.15) is 51.0 Å². The van der Waals surface area contributed by atoms with Crippen molar-refractivity contribution in [3.63, 3.8) is 0 Å². The first kappa shape index (κ1) is 35.7. The number of halogens is 1. The summed E-state index contributed by atoms with van der Waals surface area (Å²) in [4.78, 5) is 31.3. The number of carboxylic acid groups (broad SMARTS) is 1. The summed E-state index contributed by atoms with van der Waals surface area (Å²) < 4.78 is 18.4. The molecule has 2 aliphatic rings. The number of benzene rings is 3. The number of rotatable bonds is 13. The first-order valence-electron chi connectivity index (χ1n) is 17.1. The van der Waals surface area contributed by atoms with Gasteiger partial charge in [-0.15, -0.1) is 0 Å². The molecule has 0 radical (unpaired) electrons. The number of piperidine rings is 1. The van der Waals surface area contributed by atoms with E-state index in [1.807, 2.05) is 24.3 Å². The lowest BCUT2D eigenvalue weighted by atomic mass is 9.89. The van der Waals surface area contributed by atoms with Crippen molar-refractivity contribution in [2.24, 2.45) is 11.8 Å². The molecule has 0 spiro atoms. The van der Waals surface area contributed by atoms with Gasteiger partial charge in [0.1, 0.15) is 36.5 Å². The number of carbonyl (C=O) groups excluding carboxylic acids is 1. The fourth-order valence-electron chi connectivity index (χ4n) is 7.09. The van der Waals surface area contributed by atoms with E-state index in [9.17, 15) is 14.7 Å². The number of ether oxygens (including phenoxy) is 3. The van der Waals surface area contributed by atoms with E-state index in [-0.39, 0.29) is 18.8 Å². The largest absolute Gasteiger partial charge is 0.493 e. The average molecular weight is 709 g/mol. The van der Waals surface area contributed by atoms with E-state index in [1.165, 1.54) is 12.3 Å². The number of nitriles is 1. The molecule has 4 aromatic rings. The molecule has 2 atom stereocenters. The Balaban J connectivity index is 1.07. The van der Waals surface area contributed by atoms with Crippen LogP contribution in [0, 0.1) is 37.0 Å². The Morgan fingerprint density at radius 2 is 1.73 bits per heavy atom. The first-order chi connectivity index (χ1) is 24.7. The van der Waals surface area contributed by atoms with Crippen molar-refractivity contribution < 1.29 is 28.9 Å². The summed E-state index contributed by atoms with van der Waals surface area (Å²) in [5, 5.41) is 18.8. The summed E-state index contributed by atoms with van der Waals surface area (Å²) in [5.41, 5.74) is 6.66. The minimum absolute atomic E-state index is 0.113. The molecular formula is C40H41ClN4O6. The minimum Gasteiger partial charge on any atom is -0.493 e. The zero-order valence-corrected chi connectivity index (χ0v) is 29.6. The topological polar surface area (TPSA) is 125 Å². The molecule has 1 amide bonds. The van der Waals surface area contributed by atoms with Crippen molar-refractivity contribution in [3.8, 4) is 34.4 Å². The second-order valence-electron chi connectivity index (χ2n) is 13.2. The number of aldehydes is 1. The Bertz CT molecular complexity index is 1940. The molecule has 264 valence electrons. The zero-order chi connectivity index (χ0) is 35.9. The molecule has 2 unspecified atom stereocenters. The van der Waals surface area contributed by atoms with Crippen molar-refractivity contribution in [3.05, 3.63) is 105 Å². The highest BCUT2D eigenvalue weighted by molar-refractivity contribution is 6.32. The Labute approximate surface area is 303 Å². The number of pyridine rings is 1. The number of likely N-dealkylation sites (tertiary alicyclic amines) is 2. The maximum atomic E-state index is 11.8. The highest BCUT2D eigenvalue weighted by Gasteiger charge is 2.38. The van der Waals surface area contributed by atoms with Gasteiger partial charge in [-0.05, 0) is 91.1 Å². The van der Waals surface area contributed by atoms with E-state index in [0.717, 1.165) is 66.0 Å². The molecule has 2 aliphatic heterocycles. The molecule has 3 heterocycles. The summed E-state index contributed by atoms with van der Waals surface area (Å²) in [6, 6.07) is 19.1. The second kappa shape index (κ2) is 16.3. The van der Waals surface area contributed by atoms with Crippen LogP contribution in [0.3, 0.4) is 0 Å². The van der Waals surface area contributed by atoms with Crippen LogP contribution in [0.15, 0.2) is 67.0 Å². The molecular weight excluding hydrogens is 668 g/mol. The van der Waals surface area contributed by atoms with Gasteiger partial charge in [-0.3, -0.25) is 9.78 Å². The van der Waals surface area contributed by atoms with Crippen LogP contribution >= 0.6 is 11.6 Å². The van der Waals surface area contributed by atoms with Crippen molar-refractivity contribution >= 4 is 24.0 Å². The number of hydrogen-bond donors (Lipinski definition) is 1.